The third kappa shape index (κ3) is 4.18. The second kappa shape index (κ2) is 7.41. The quantitative estimate of drug-likeness (QED) is 0.776. The average Bonchev–Trinajstić information content (AvgIpc) is 2.47. The van der Waals surface area contributed by atoms with Gasteiger partial charge < -0.3 is 10.1 Å². The van der Waals surface area contributed by atoms with Crippen LogP contribution in [-0.2, 0) is 6.54 Å². The van der Waals surface area contributed by atoms with Gasteiger partial charge in [0.25, 0.3) is 0 Å². The van der Waals surface area contributed by atoms with E-state index in [0.29, 0.717) is 5.92 Å². The van der Waals surface area contributed by atoms with Crippen LogP contribution in [0.1, 0.15) is 39.8 Å². The molecule has 0 saturated heterocycles. The van der Waals surface area contributed by atoms with Gasteiger partial charge in [-0.3, -0.25) is 0 Å². The van der Waals surface area contributed by atoms with E-state index in [4.69, 9.17) is 9.72 Å². The van der Waals surface area contributed by atoms with Crippen LogP contribution >= 0.6 is 0 Å². The number of hydrogen-bond donors (Lipinski definition) is 1. The Bertz CT molecular complexity index is 580. The van der Waals surface area contributed by atoms with Crippen molar-refractivity contribution in [1.82, 2.24) is 10.3 Å². The lowest BCUT2D eigenvalue weighted by molar-refractivity contribution is 0.165. The lowest BCUT2D eigenvalue weighted by Crippen LogP contribution is -2.20. The molecule has 0 fully saturated rings. The molecule has 0 aliphatic carbocycles. The number of aromatic nitrogens is 1. The molecule has 1 N–H and O–H groups in total. The Balaban J connectivity index is 2.31. The van der Waals surface area contributed by atoms with Gasteiger partial charge in [-0.25, -0.2) is 4.98 Å². The molecule has 3 nitrogen and oxygen atoms in total. The summed E-state index contributed by atoms with van der Waals surface area (Å²) in [5, 5.41) is 5.68. The van der Waals surface area contributed by atoms with Crippen molar-refractivity contribution in [2.24, 2.45) is 5.92 Å². The van der Waals surface area contributed by atoms with Gasteiger partial charge in [0.05, 0.1) is 11.8 Å². The fourth-order valence-electron chi connectivity index (χ4n) is 2.11. The van der Waals surface area contributed by atoms with Crippen molar-refractivity contribution in [2.75, 3.05) is 6.54 Å². The summed E-state index contributed by atoms with van der Waals surface area (Å²) >= 11 is 0. The van der Waals surface area contributed by atoms with Crippen LogP contribution in [0.25, 0.3) is 10.8 Å². The van der Waals surface area contributed by atoms with E-state index in [1.807, 2.05) is 6.07 Å². The van der Waals surface area contributed by atoms with E-state index in [2.05, 4.69) is 57.3 Å². The van der Waals surface area contributed by atoms with Gasteiger partial charge in [-0.15, -0.1) is 0 Å². The number of nitrogens with one attached hydrogen (secondary N) is 1. The van der Waals surface area contributed by atoms with Gasteiger partial charge in [-0.2, -0.15) is 0 Å². The molecule has 0 amide bonds. The highest BCUT2D eigenvalue weighted by atomic mass is 16.5. The first-order valence-corrected chi connectivity index (χ1v) is 7.87. The van der Waals surface area contributed by atoms with Gasteiger partial charge in [0.15, 0.2) is 0 Å². The smallest absolute Gasteiger partial charge is 0.221 e. The van der Waals surface area contributed by atoms with E-state index in [1.165, 1.54) is 5.39 Å². The summed E-state index contributed by atoms with van der Waals surface area (Å²) in [6, 6.07) is 10.4. The highest BCUT2D eigenvalue weighted by Gasteiger charge is 2.13. The molecule has 2 rings (SSSR count). The van der Waals surface area contributed by atoms with E-state index in [1.54, 1.807) is 0 Å². The van der Waals surface area contributed by atoms with E-state index in [-0.39, 0.29) is 6.10 Å². The van der Waals surface area contributed by atoms with Crippen LogP contribution < -0.4 is 10.1 Å². The summed E-state index contributed by atoms with van der Waals surface area (Å²) < 4.78 is 6.10. The van der Waals surface area contributed by atoms with Crippen LogP contribution in [0.2, 0.25) is 0 Å². The zero-order valence-corrected chi connectivity index (χ0v) is 13.5. The lowest BCUT2D eigenvalue weighted by atomic mass is 10.1. The molecule has 2 aromatic rings. The van der Waals surface area contributed by atoms with Crippen molar-refractivity contribution < 1.29 is 4.74 Å². The third-order valence-corrected chi connectivity index (χ3v) is 3.73. The van der Waals surface area contributed by atoms with Crippen LogP contribution in [0.3, 0.4) is 0 Å². The lowest BCUT2D eigenvalue weighted by Gasteiger charge is -2.19. The Morgan fingerprint density at radius 1 is 1.19 bits per heavy atom. The van der Waals surface area contributed by atoms with E-state index in [9.17, 15) is 0 Å². The summed E-state index contributed by atoms with van der Waals surface area (Å²) in [4.78, 5) is 4.71. The molecule has 1 heterocycles. The maximum Gasteiger partial charge on any atom is 0.221 e. The first-order valence-electron chi connectivity index (χ1n) is 7.87. The largest absolute Gasteiger partial charge is 0.474 e. The van der Waals surface area contributed by atoms with E-state index < -0.39 is 0 Å². The zero-order valence-electron chi connectivity index (χ0n) is 13.5. The van der Waals surface area contributed by atoms with Gasteiger partial charge in [-0.1, -0.05) is 39.0 Å². The number of nitrogens with zero attached hydrogens (tertiary/aromatic N) is 1. The van der Waals surface area contributed by atoms with Gasteiger partial charge >= 0.3 is 0 Å². The molecule has 1 aromatic carbocycles. The molecule has 0 aliphatic heterocycles. The van der Waals surface area contributed by atoms with Gasteiger partial charge in [-0.05, 0) is 43.3 Å². The molecule has 0 radical (unpaired) electrons. The van der Waals surface area contributed by atoms with E-state index in [0.717, 1.165) is 36.5 Å². The summed E-state index contributed by atoms with van der Waals surface area (Å²) in [5.74, 6) is 1.22. The first kappa shape index (κ1) is 15.8. The van der Waals surface area contributed by atoms with Crippen molar-refractivity contribution in [3.05, 3.63) is 36.0 Å². The zero-order chi connectivity index (χ0) is 15.2. The second-order valence-corrected chi connectivity index (χ2v) is 5.88. The Morgan fingerprint density at radius 3 is 2.67 bits per heavy atom. The minimum absolute atomic E-state index is 0.153. The molecule has 0 saturated carbocycles. The Labute approximate surface area is 127 Å². The molecular weight excluding hydrogens is 260 g/mol. The van der Waals surface area contributed by atoms with Crippen molar-refractivity contribution >= 4 is 10.8 Å². The summed E-state index contributed by atoms with van der Waals surface area (Å²) in [7, 11) is 0. The molecule has 0 bridgehead atoms. The molecule has 3 heteroatoms. The predicted molar refractivity (Wildman–Crippen MR) is 88.7 cm³/mol. The predicted octanol–water partition coefficient (Wildman–Crippen LogP) is 4.16. The molecule has 1 aromatic heterocycles. The standard InChI is InChI=1S/C18H26N2O/c1-5-10-19-12-16-11-15-8-6-7-9-17(15)18(20-16)21-14(4)13(2)3/h6-9,11,13-14,19H,5,10,12H2,1-4H3. The minimum atomic E-state index is 0.153. The minimum Gasteiger partial charge on any atom is -0.474 e. The van der Waals surface area contributed by atoms with Crippen LogP contribution in [0, 0.1) is 5.92 Å². The average molecular weight is 286 g/mol. The Hall–Kier alpha value is -1.61. The maximum atomic E-state index is 6.10. The first-order chi connectivity index (χ1) is 10.1. The normalized spacial score (nSPS) is 12.8. The van der Waals surface area contributed by atoms with Crippen LogP contribution in [-0.4, -0.2) is 17.6 Å². The van der Waals surface area contributed by atoms with Crippen molar-refractivity contribution in [3.63, 3.8) is 0 Å². The number of hydrogen-bond acceptors (Lipinski definition) is 3. The van der Waals surface area contributed by atoms with Gasteiger partial charge in [0, 0.05) is 11.9 Å². The highest BCUT2D eigenvalue weighted by molar-refractivity contribution is 5.87. The van der Waals surface area contributed by atoms with Crippen molar-refractivity contribution in [1.29, 1.82) is 0 Å². The fourth-order valence-corrected chi connectivity index (χ4v) is 2.11. The van der Waals surface area contributed by atoms with Crippen LogP contribution in [0.5, 0.6) is 5.88 Å². The molecule has 1 unspecified atom stereocenters. The monoisotopic (exact) mass is 286 g/mol. The van der Waals surface area contributed by atoms with Gasteiger partial charge in [0.1, 0.15) is 0 Å². The molecule has 114 valence electrons. The number of rotatable bonds is 7. The maximum absolute atomic E-state index is 6.10. The fraction of sp³-hybridized carbons (Fsp3) is 0.500. The number of fused-ring (bicyclic) bond motifs is 1. The Morgan fingerprint density at radius 2 is 1.95 bits per heavy atom. The van der Waals surface area contributed by atoms with Crippen molar-refractivity contribution in [3.8, 4) is 5.88 Å². The second-order valence-electron chi connectivity index (χ2n) is 5.88. The van der Waals surface area contributed by atoms with Gasteiger partial charge in [0.2, 0.25) is 5.88 Å². The van der Waals surface area contributed by atoms with Crippen LogP contribution in [0.4, 0.5) is 0 Å². The molecule has 21 heavy (non-hydrogen) atoms. The number of pyridine rings is 1. The molecular formula is C18H26N2O. The SMILES string of the molecule is CCCNCc1cc2ccccc2c(OC(C)C(C)C)n1. The van der Waals surface area contributed by atoms with Crippen molar-refractivity contribution in [2.45, 2.75) is 46.8 Å². The topological polar surface area (TPSA) is 34.1 Å². The summed E-state index contributed by atoms with van der Waals surface area (Å²) in [5.41, 5.74) is 1.04. The third-order valence-electron chi connectivity index (χ3n) is 3.73. The molecule has 0 aliphatic rings. The number of benzene rings is 1. The number of ether oxygens (including phenoxy) is 1. The van der Waals surface area contributed by atoms with E-state index >= 15 is 0 Å². The molecule has 0 spiro atoms. The van der Waals surface area contributed by atoms with Crippen LogP contribution in [0.15, 0.2) is 30.3 Å². The Kier molecular flexibility index (Phi) is 5.57. The highest BCUT2D eigenvalue weighted by Crippen LogP contribution is 2.26. The molecule has 1 atom stereocenters. The summed E-state index contributed by atoms with van der Waals surface area (Å²) in [6.45, 7) is 10.4. The summed E-state index contributed by atoms with van der Waals surface area (Å²) in [6.07, 6.45) is 1.28.